The molecule has 90 valence electrons. The van der Waals surface area contributed by atoms with Crippen molar-refractivity contribution in [2.45, 2.75) is 19.9 Å². The first-order valence-corrected chi connectivity index (χ1v) is 5.53. The fourth-order valence-corrected chi connectivity index (χ4v) is 1.86. The molecule has 2 rings (SSSR count). The standard InChI is InChI=1S/C11H16N6/c1-3-13-9(11-15-6-16-17-11)8-7(2)4-5-14-10(8)12/h4-6,9,13H,3H2,1-2H3,(H2,12,14)(H,15,16,17). The number of nitrogens with one attached hydrogen (secondary N) is 2. The molecule has 0 saturated heterocycles. The third-order valence-electron chi connectivity index (χ3n) is 2.64. The number of pyridine rings is 1. The minimum absolute atomic E-state index is 0.101. The van der Waals surface area contributed by atoms with Gasteiger partial charge >= 0.3 is 0 Å². The van der Waals surface area contributed by atoms with E-state index in [1.165, 1.54) is 6.33 Å². The van der Waals surface area contributed by atoms with Crippen LogP contribution in [0.5, 0.6) is 0 Å². The minimum atomic E-state index is -0.101. The van der Waals surface area contributed by atoms with E-state index in [-0.39, 0.29) is 6.04 Å². The number of H-pyrrole nitrogens is 1. The summed E-state index contributed by atoms with van der Waals surface area (Å²) >= 11 is 0. The van der Waals surface area contributed by atoms with E-state index in [1.807, 2.05) is 19.9 Å². The molecule has 6 heteroatoms. The number of aromatic amines is 1. The van der Waals surface area contributed by atoms with Crippen molar-refractivity contribution in [1.82, 2.24) is 25.5 Å². The van der Waals surface area contributed by atoms with Gasteiger partial charge in [0.15, 0.2) is 0 Å². The molecule has 2 heterocycles. The Morgan fingerprint density at radius 3 is 2.88 bits per heavy atom. The Balaban J connectivity index is 2.46. The highest BCUT2D eigenvalue weighted by Crippen LogP contribution is 2.25. The lowest BCUT2D eigenvalue weighted by atomic mass is 10.0. The summed E-state index contributed by atoms with van der Waals surface area (Å²) in [6.45, 7) is 4.85. The van der Waals surface area contributed by atoms with Crippen molar-refractivity contribution in [2.24, 2.45) is 0 Å². The summed E-state index contributed by atoms with van der Waals surface area (Å²) in [4.78, 5) is 8.31. The quantitative estimate of drug-likeness (QED) is 0.724. The van der Waals surface area contributed by atoms with Crippen molar-refractivity contribution in [3.8, 4) is 0 Å². The average Bonchev–Trinajstić information content (AvgIpc) is 2.80. The van der Waals surface area contributed by atoms with Gasteiger partial charge in [-0.2, -0.15) is 5.10 Å². The molecule has 1 atom stereocenters. The summed E-state index contributed by atoms with van der Waals surface area (Å²) in [5.74, 6) is 1.27. The number of hydrogen-bond donors (Lipinski definition) is 3. The van der Waals surface area contributed by atoms with E-state index < -0.39 is 0 Å². The zero-order valence-corrected chi connectivity index (χ0v) is 9.94. The lowest BCUT2D eigenvalue weighted by Gasteiger charge is -2.19. The van der Waals surface area contributed by atoms with Gasteiger partial charge < -0.3 is 11.1 Å². The first kappa shape index (κ1) is 11.5. The first-order valence-electron chi connectivity index (χ1n) is 5.53. The lowest BCUT2D eigenvalue weighted by Crippen LogP contribution is -2.25. The van der Waals surface area contributed by atoms with E-state index in [0.717, 1.165) is 23.5 Å². The number of aryl methyl sites for hydroxylation is 1. The van der Waals surface area contributed by atoms with Gasteiger partial charge in [-0.1, -0.05) is 6.92 Å². The topological polar surface area (TPSA) is 92.5 Å². The largest absolute Gasteiger partial charge is 0.383 e. The van der Waals surface area contributed by atoms with Crippen molar-refractivity contribution in [1.29, 1.82) is 0 Å². The second-order valence-electron chi connectivity index (χ2n) is 3.79. The molecule has 0 spiro atoms. The number of rotatable bonds is 4. The molecule has 17 heavy (non-hydrogen) atoms. The molecule has 0 aliphatic heterocycles. The molecule has 0 amide bonds. The Morgan fingerprint density at radius 1 is 1.47 bits per heavy atom. The average molecular weight is 232 g/mol. The van der Waals surface area contributed by atoms with Crippen molar-refractivity contribution in [3.63, 3.8) is 0 Å². The van der Waals surface area contributed by atoms with Crippen LogP contribution < -0.4 is 11.1 Å². The molecule has 0 aliphatic rings. The van der Waals surface area contributed by atoms with Crippen LogP contribution in [0.1, 0.15) is 29.9 Å². The molecule has 2 aromatic rings. The maximum absolute atomic E-state index is 5.95. The first-order chi connectivity index (χ1) is 8.24. The van der Waals surface area contributed by atoms with E-state index >= 15 is 0 Å². The fourth-order valence-electron chi connectivity index (χ4n) is 1.86. The summed E-state index contributed by atoms with van der Waals surface area (Å²) in [6, 6.07) is 1.84. The molecule has 0 aliphatic carbocycles. The number of anilines is 1. The number of aromatic nitrogens is 4. The minimum Gasteiger partial charge on any atom is -0.383 e. The van der Waals surface area contributed by atoms with Gasteiger partial charge in [-0.3, -0.25) is 5.10 Å². The fraction of sp³-hybridized carbons (Fsp3) is 0.364. The van der Waals surface area contributed by atoms with Crippen LogP contribution in [0, 0.1) is 6.92 Å². The maximum Gasteiger partial charge on any atom is 0.146 e. The summed E-state index contributed by atoms with van der Waals surface area (Å²) in [7, 11) is 0. The third-order valence-corrected chi connectivity index (χ3v) is 2.64. The van der Waals surface area contributed by atoms with Crippen molar-refractivity contribution in [3.05, 3.63) is 35.5 Å². The van der Waals surface area contributed by atoms with Crippen LogP contribution in [0.25, 0.3) is 0 Å². The van der Waals surface area contributed by atoms with E-state index in [9.17, 15) is 0 Å². The van der Waals surface area contributed by atoms with Gasteiger partial charge in [-0.25, -0.2) is 9.97 Å². The van der Waals surface area contributed by atoms with Crippen LogP contribution in [0.4, 0.5) is 5.82 Å². The van der Waals surface area contributed by atoms with E-state index in [1.54, 1.807) is 6.20 Å². The molecular weight excluding hydrogens is 216 g/mol. The highest BCUT2D eigenvalue weighted by atomic mass is 15.2. The van der Waals surface area contributed by atoms with Gasteiger partial charge in [0, 0.05) is 11.8 Å². The molecule has 6 nitrogen and oxygen atoms in total. The van der Waals surface area contributed by atoms with Crippen LogP contribution in [0.3, 0.4) is 0 Å². The smallest absolute Gasteiger partial charge is 0.146 e. The predicted octanol–water partition coefficient (Wildman–Crippen LogP) is 0.789. The SMILES string of the molecule is CCNC(c1ncn[nH]1)c1c(C)ccnc1N. The molecule has 0 aromatic carbocycles. The molecule has 4 N–H and O–H groups in total. The van der Waals surface area contributed by atoms with Gasteiger partial charge in [0.1, 0.15) is 18.0 Å². The summed E-state index contributed by atoms with van der Waals surface area (Å²) in [6.07, 6.45) is 3.19. The second kappa shape index (κ2) is 4.92. The predicted molar refractivity (Wildman–Crippen MR) is 65.3 cm³/mol. The van der Waals surface area contributed by atoms with Crippen molar-refractivity contribution in [2.75, 3.05) is 12.3 Å². The lowest BCUT2D eigenvalue weighted by molar-refractivity contribution is 0.597. The Bertz CT molecular complexity index is 458. The van der Waals surface area contributed by atoms with Crippen LogP contribution >= 0.6 is 0 Å². The van der Waals surface area contributed by atoms with Gasteiger partial charge in [0.05, 0.1) is 6.04 Å². The van der Waals surface area contributed by atoms with Crippen LogP contribution in [0.15, 0.2) is 18.6 Å². The monoisotopic (exact) mass is 232 g/mol. The summed E-state index contributed by atoms with van der Waals surface area (Å²) in [5.41, 5.74) is 7.98. The van der Waals surface area contributed by atoms with E-state index in [0.29, 0.717) is 5.82 Å². The van der Waals surface area contributed by atoms with Crippen LogP contribution in [-0.4, -0.2) is 26.7 Å². The van der Waals surface area contributed by atoms with Gasteiger partial charge in [0.2, 0.25) is 0 Å². The van der Waals surface area contributed by atoms with Crippen molar-refractivity contribution >= 4 is 5.82 Å². The molecular formula is C11H16N6. The maximum atomic E-state index is 5.95. The molecule has 2 aromatic heterocycles. The number of hydrogen-bond acceptors (Lipinski definition) is 5. The highest BCUT2D eigenvalue weighted by Gasteiger charge is 2.20. The Labute approximate surface area is 99.7 Å². The second-order valence-corrected chi connectivity index (χ2v) is 3.79. The zero-order chi connectivity index (χ0) is 12.3. The van der Waals surface area contributed by atoms with Gasteiger partial charge in [-0.15, -0.1) is 0 Å². The van der Waals surface area contributed by atoms with Crippen molar-refractivity contribution < 1.29 is 0 Å². The highest BCUT2D eigenvalue weighted by molar-refractivity contribution is 5.48. The molecule has 1 unspecified atom stereocenters. The Morgan fingerprint density at radius 2 is 2.29 bits per heavy atom. The van der Waals surface area contributed by atoms with Crippen LogP contribution in [0.2, 0.25) is 0 Å². The Hall–Kier alpha value is -1.95. The summed E-state index contributed by atoms with van der Waals surface area (Å²) in [5, 5.41) is 10.1. The number of nitrogens with two attached hydrogens (primary N) is 1. The number of nitrogen functional groups attached to an aromatic ring is 1. The molecule has 0 saturated carbocycles. The summed E-state index contributed by atoms with van der Waals surface area (Å²) < 4.78 is 0. The van der Waals surface area contributed by atoms with E-state index in [4.69, 9.17) is 5.73 Å². The third kappa shape index (κ3) is 2.26. The molecule has 0 fully saturated rings. The number of nitrogens with zero attached hydrogens (tertiary/aromatic N) is 3. The normalized spacial score (nSPS) is 12.6. The molecule has 0 radical (unpaired) electrons. The molecule has 0 bridgehead atoms. The zero-order valence-electron chi connectivity index (χ0n) is 9.94. The van der Waals surface area contributed by atoms with Gasteiger partial charge in [0.25, 0.3) is 0 Å². The Kier molecular flexibility index (Phi) is 3.34. The van der Waals surface area contributed by atoms with Gasteiger partial charge in [-0.05, 0) is 25.1 Å². The van der Waals surface area contributed by atoms with E-state index in [2.05, 4.69) is 25.5 Å². The van der Waals surface area contributed by atoms with Crippen LogP contribution in [-0.2, 0) is 0 Å².